The average molecular weight is 362 g/mol. The molecule has 0 amide bonds. The van der Waals surface area contributed by atoms with E-state index in [1.54, 1.807) is 11.0 Å². The molecule has 25 heavy (non-hydrogen) atoms. The van der Waals surface area contributed by atoms with E-state index in [0.29, 0.717) is 6.54 Å². The second kappa shape index (κ2) is 8.31. The van der Waals surface area contributed by atoms with Crippen molar-refractivity contribution < 1.29 is 0 Å². The van der Waals surface area contributed by atoms with Gasteiger partial charge in [-0.3, -0.25) is 14.6 Å². The van der Waals surface area contributed by atoms with Crippen LogP contribution in [-0.2, 0) is 20.1 Å². The van der Waals surface area contributed by atoms with E-state index >= 15 is 0 Å². The van der Waals surface area contributed by atoms with Gasteiger partial charge in [-0.05, 0) is 17.7 Å². The van der Waals surface area contributed by atoms with Crippen LogP contribution in [0, 0.1) is 0 Å². The first kappa shape index (κ1) is 17.7. The molecule has 0 bridgehead atoms. The number of aryl methyl sites for hydroxylation is 1. The number of aromatic nitrogens is 3. The fraction of sp³-hybridized carbons (Fsp3) is 0.471. The summed E-state index contributed by atoms with van der Waals surface area (Å²) in [4.78, 5) is 13.4. The second-order valence-electron chi connectivity index (χ2n) is 6.09. The minimum Gasteiger partial charge on any atom is -0.349 e. The lowest BCUT2D eigenvalue weighted by molar-refractivity contribution is 0.172. The monoisotopic (exact) mass is 361 g/mol. The van der Waals surface area contributed by atoms with Gasteiger partial charge in [-0.1, -0.05) is 23.7 Å². The molecule has 1 N–H and O–H groups in total. The van der Waals surface area contributed by atoms with Crippen molar-refractivity contribution in [2.75, 3.05) is 33.2 Å². The van der Waals surface area contributed by atoms with Gasteiger partial charge in [-0.2, -0.15) is 5.10 Å². The van der Waals surface area contributed by atoms with Crippen LogP contribution in [0.2, 0.25) is 5.02 Å². The smallest absolute Gasteiger partial charge is 0.194 e. The standard InChI is InChI=1S/C17H24ClN7/c1-19-17(20-11-16-21-13-22-23(16)2)25-9-7-24(8-10-25)12-14-3-5-15(18)6-4-14/h3-6,13H,7-12H2,1-2H3,(H,19,20). The summed E-state index contributed by atoms with van der Waals surface area (Å²) in [5.41, 5.74) is 1.29. The van der Waals surface area contributed by atoms with Gasteiger partial charge in [0.25, 0.3) is 0 Å². The normalized spacial score (nSPS) is 16.3. The third kappa shape index (κ3) is 4.70. The minimum absolute atomic E-state index is 0.619. The van der Waals surface area contributed by atoms with E-state index in [1.807, 2.05) is 26.2 Å². The highest BCUT2D eigenvalue weighted by Crippen LogP contribution is 2.13. The van der Waals surface area contributed by atoms with E-state index in [1.165, 1.54) is 5.56 Å². The van der Waals surface area contributed by atoms with E-state index in [0.717, 1.165) is 49.5 Å². The SMILES string of the molecule is CN=C(NCc1ncnn1C)N1CCN(Cc2ccc(Cl)cc2)CC1. The lowest BCUT2D eigenvalue weighted by atomic mass is 10.2. The maximum absolute atomic E-state index is 5.95. The van der Waals surface area contributed by atoms with Crippen molar-refractivity contribution in [3.05, 3.63) is 47.0 Å². The molecule has 1 aromatic heterocycles. The Morgan fingerprint density at radius 3 is 2.52 bits per heavy atom. The molecule has 0 atom stereocenters. The molecule has 134 valence electrons. The van der Waals surface area contributed by atoms with Crippen LogP contribution in [0.25, 0.3) is 0 Å². The number of nitrogens with zero attached hydrogens (tertiary/aromatic N) is 6. The topological polar surface area (TPSA) is 61.6 Å². The van der Waals surface area contributed by atoms with Crippen molar-refractivity contribution in [1.29, 1.82) is 0 Å². The first-order valence-corrected chi connectivity index (χ1v) is 8.79. The van der Waals surface area contributed by atoms with E-state index in [9.17, 15) is 0 Å². The highest BCUT2D eigenvalue weighted by atomic mass is 35.5. The molecule has 2 heterocycles. The summed E-state index contributed by atoms with van der Waals surface area (Å²) < 4.78 is 1.77. The van der Waals surface area contributed by atoms with Gasteiger partial charge < -0.3 is 10.2 Å². The molecule has 0 radical (unpaired) electrons. The predicted octanol–water partition coefficient (Wildman–Crippen LogP) is 1.36. The lowest BCUT2D eigenvalue weighted by Crippen LogP contribution is -2.52. The van der Waals surface area contributed by atoms with Gasteiger partial charge >= 0.3 is 0 Å². The summed E-state index contributed by atoms with van der Waals surface area (Å²) in [7, 11) is 3.71. The van der Waals surface area contributed by atoms with Gasteiger partial charge in [-0.25, -0.2) is 4.98 Å². The van der Waals surface area contributed by atoms with E-state index in [-0.39, 0.29) is 0 Å². The molecule has 0 spiro atoms. The first-order valence-electron chi connectivity index (χ1n) is 8.41. The maximum Gasteiger partial charge on any atom is 0.194 e. The number of hydrogen-bond acceptors (Lipinski definition) is 4. The van der Waals surface area contributed by atoms with E-state index in [4.69, 9.17) is 11.6 Å². The fourth-order valence-electron chi connectivity index (χ4n) is 2.94. The third-order valence-electron chi connectivity index (χ3n) is 4.41. The molecule has 0 aliphatic carbocycles. The van der Waals surface area contributed by atoms with Gasteiger partial charge in [0.15, 0.2) is 5.96 Å². The summed E-state index contributed by atoms with van der Waals surface area (Å²) in [6.07, 6.45) is 1.56. The van der Waals surface area contributed by atoms with Crippen molar-refractivity contribution in [2.45, 2.75) is 13.1 Å². The summed E-state index contributed by atoms with van der Waals surface area (Å²) in [5, 5.41) is 8.24. The molecule has 1 saturated heterocycles. The molecular weight excluding hydrogens is 338 g/mol. The predicted molar refractivity (Wildman–Crippen MR) is 99.5 cm³/mol. The zero-order valence-corrected chi connectivity index (χ0v) is 15.4. The number of nitrogens with one attached hydrogen (secondary N) is 1. The number of piperazine rings is 1. The molecule has 1 aliphatic rings. The number of guanidine groups is 1. The van der Waals surface area contributed by atoms with Crippen molar-refractivity contribution in [3.63, 3.8) is 0 Å². The van der Waals surface area contributed by atoms with E-state index < -0.39 is 0 Å². The van der Waals surface area contributed by atoms with Crippen LogP contribution in [-0.4, -0.2) is 63.8 Å². The molecule has 2 aromatic rings. The minimum atomic E-state index is 0.619. The van der Waals surface area contributed by atoms with Crippen molar-refractivity contribution in [3.8, 4) is 0 Å². The Labute approximate surface area is 153 Å². The highest BCUT2D eigenvalue weighted by molar-refractivity contribution is 6.30. The Hall–Kier alpha value is -2.12. The van der Waals surface area contributed by atoms with Crippen molar-refractivity contribution in [2.24, 2.45) is 12.0 Å². The quantitative estimate of drug-likeness (QED) is 0.658. The maximum atomic E-state index is 5.95. The summed E-state index contributed by atoms with van der Waals surface area (Å²) in [6.45, 7) is 5.49. The van der Waals surface area contributed by atoms with E-state index in [2.05, 4.69) is 42.3 Å². The molecule has 7 nitrogen and oxygen atoms in total. The van der Waals surface area contributed by atoms with Gasteiger partial charge in [0.2, 0.25) is 0 Å². The third-order valence-corrected chi connectivity index (χ3v) is 4.66. The van der Waals surface area contributed by atoms with Crippen LogP contribution in [0.4, 0.5) is 0 Å². The number of halogens is 1. The Kier molecular flexibility index (Phi) is 5.88. The molecular formula is C17H24ClN7. The Balaban J connectivity index is 1.48. The fourth-order valence-corrected chi connectivity index (χ4v) is 3.06. The van der Waals surface area contributed by atoms with Crippen LogP contribution in [0.3, 0.4) is 0 Å². The van der Waals surface area contributed by atoms with Gasteiger partial charge in [0, 0.05) is 51.8 Å². The van der Waals surface area contributed by atoms with Crippen LogP contribution >= 0.6 is 11.6 Å². The van der Waals surface area contributed by atoms with Crippen molar-refractivity contribution in [1.82, 2.24) is 29.9 Å². The number of rotatable bonds is 4. The Morgan fingerprint density at radius 2 is 1.92 bits per heavy atom. The average Bonchev–Trinajstić information content (AvgIpc) is 3.04. The zero-order valence-electron chi connectivity index (χ0n) is 14.7. The van der Waals surface area contributed by atoms with Gasteiger partial charge in [-0.15, -0.1) is 0 Å². The molecule has 1 aliphatic heterocycles. The molecule has 0 unspecified atom stereocenters. The summed E-state index contributed by atoms with van der Waals surface area (Å²) in [5.74, 6) is 1.80. The molecule has 8 heteroatoms. The van der Waals surface area contributed by atoms with Crippen molar-refractivity contribution >= 4 is 17.6 Å². The second-order valence-corrected chi connectivity index (χ2v) is 6.53. The molecule has 0 saturated carbocycles. The first-order chi connectivity index (χ1) is 12.2. The van der Waals surface area contributed by atoms with Gasteiger partial charge in [0.05, 0.1) is 6.54 Å². The largest absolute Gasteiger partial charge is 0.349 e. The Morgan fingerprint density at radius 1 is 1.20 bits per heavy atom. The Bertz CT molecular complexity index is 702. The molecule has 1 aromatic carbocycles. The number of hydrogen-bond donors (Lipinski definition) is 1. The zero-order chi connectivity index (χ0) is 17.6. The summed E-state index contributed by atoms with van der Waals surface area (Å²) in [6, 6.07) is 8.09. The van der Waals surface area contributed by atoms with Crippen LogP contribution in [0.5, 0.6) is 0 Å². The molecule has 3 rings (SSSR count). The van der Waals surface area contributed by atoms with Crippen LogP contribution < -0.4 is 5.32 Å². The number of aliphatic imine (C=N–C) groups is 1. The number of benzene rings is 1. The summed E-state index contributed by atoms with van der Waals surface area (Å²) >= 11 is 5.95. The highest BCUT2D eigenvalue weighted by Gasteiger charge is 2.19. The van der Waals surface area contributed by atoms with Crippen LogP contribution in [0.15, 0.2) is 35.6 Å². The molecule has 1 fully saturated rings. The van der Waals surface area contributed by atoms with Crippen LogP contribution in [0.1, 0.15) is 11.4 Å². The van der Waals surface area contributed by atoms with Gasteiger partial charge in [0.1, 0.15) is 12.2 Å². The lowest BCUT2D eigenvalue weighted by Gasteiger charge is -2.36.